The Morgan fingerprint density at radius 3 is 3.11 bits per heavy atom. The Labute approximate surface area is 126 Å². The molecule has 1 aromatic carbocycles. The number of halogens is 1. The number of benzene rings is 1. The van der Waals surface area contributed by atoms with Crippen LogP contribution in [0, 0.1) is 3.95 Å². The lowest BCUT2D eigenvalue weighted by Crippen LogP contribution is -2.24. The van der Waals surface area contributed by atoms with Gasteiger partial charge in [0.1, 0.15) is 0 Å². The molecule has 1 heterocycles. The standard InChI is InChI=1S/C10H8BrN5OS2/c11-7-3-1-2-6(4-7)5-12-14-8(17)13-9-15-16-10(18)19-9/h1-5H,(H,16,18)(H2,13,14,15,17)/b12-5-. The number of carbonyl (C=O) groups is 1. The summed E-state index contributed by atoms with van der Waals surface area (Å²) in [5.74, 6) is 0. The van der Waals surface area contributed by atoms with Crippen LogP contribution in [0.15, 0.2) is 33.8 Å². The summed E-state index contributed by atoms with van der Waals surface area (Å²) in [6.07, 6.45) is 1.54. The molecule has 9 heteroatoms. The Bertz CT molecular complexity index is 666. The number of rotatable bonds is 3. The highest BCUT2D eigenvalue weighted by molar-refractivity contribution is 9.10. The Hall–Kier alpha value is -1.58. The summed E-state index contributed by atoms with van der Waals surface area (Å²) in [4.78, 5) is 11.5. The lowest BCUT2D eigenvalue weighted by molar-refractivity contribution is 0.252. The minimum atomic E-state index is -0.482. The fraction of sp³-hybridized carbons (Fsp3) is 0. The second-order valence-corrected chi connectivity index (χ2v) is 5.88. The molecule has 98 valence electrons. The van der Waals surface area contributed by atoms with Crippen LogP contribution in [-0.4, -0.2) is 22.4 Å². The van der Waals surface area contributed by atoms with E-state index in [1.807, 2.05) is 24.3 Å². The van der Waals surface area contributed by atoms with E-state index in [0.717, 1.165) is 10.0 Å². The Morgan fingerprint density at radius 2 is 2.42 bits per heavy atom. The monoisotopic (exact) mass is 357 g/mol. The predicted molar refractivity (Wildman–Crippen MR) is 81.2 cm³/mol. The maximum absolute atomic E-state index is 11.5. The molecule has 0 spiro atoms. The number of aromatic nitrogens is 2. The molecule has 0 fully saturated rings. The first-order chi connectivity index (χ1) is 9.13. The minimum absolute atomic E-state index is 0.389. The molecule has 0 saturated heterocycles. The van der Waals surface area contributed by atoms with Crippen LogP contribution < -0.4 is 10.7 Å². The van der Waals surface area contributed by atoms with Gasteiger partial charge in [-0.25, -0.2) is 10.2 Å². The zero-order chi connectivity index (χ0) is 13.7. The summed E-state index contributed by atoms with van der Waals surface area (Å²) in [5.41, 5.74) is 3.20. The number of H-pyrrole nitrogens is 1. The highest BCUT2D eigenvalue weighted by Gasteiger charge is 2.02. The van der Waals surface area contributed by atoms with Gasteiger partial charge in [0.05, 0.1) is 6.21 Å². The van der Waals surface area contributed by atoms with Gasteiger partial charge in [-0.3, -0.25) is 10.4 Å². The van der Waals surface area contributed by atoms with E-state index in [1.165, 1.54) is 17.6 Å². The number of aromatic amines is 1. The number of amides is 2. The largest absolute Gasteiger partial charge is 0.341 e. The number of hydrazone groups is 1. The molecule has 0 aliphatic rings. The van der Waals surface area contributed by atoms with Crippen molar-refractivity contribution in [3.8, 4) is 0 Å². The number of hydrogen-bond donors (Lipinski definition) is 3. The highest BCUT2D eigenvalue weighted by atomic mass is 79.9. The molecule has 0 saturated carbocycles. The normalized spacial score (nSPS) is 10.6. The van der Waals surface area contributed by atoms with Crippen molar-refractivity contribution in [2.45, 2.75) is 0 Å². The zero-order valence-electron chi connectivity index (χ0n) is 9.38. The molecular formula is C10H8BrN5OS2. The third kappa shape index (κ3) is 4.54. The van der Waals surface area contributed by atoms with Crippen molar-refractivity contribution in [1.82, 2.24) is 15.6 Å². The number of urea groups is 1. The van der Waals surface area contributed by atoms with Gasteiger partial charge in [-0.1, -0.05) is 39.4 Å². The fourth-order valence-corrected chi connectivity index (χ4v) is 2.36. The molecule has 2 amide bonds. The highest BCUT2D eigenvalue weighted by Crippen LogP contribution is 2.10. The van der Waals surface area contributed by atoms with Crippen LogP contribution in [0.25, 0.3) is 0 Å². The molecule has 2 aromatic rings. The first kappa shape index (κ1) is 13.8. The van der Waals surface area contributed by atoms with Gasteiger partial charge in [-0.2, -0.15) is 5.10 Å². The van der Waals surface area contributed by atoms with Gasteiger partial charge in [0.25, 0.3) is 0 Å². The average molecular weight is 358 g/mol. The van der Waals surface area contributed by atoms with Crippen molar-refractivity contribution in [2.24, 2.45) is 5.10 Å². The predicted octanol–water partition coefficient (Wildman–Crippen LogP) is 3.12. The van der Waals surface area contributed by atoms with Crippen molar-refractivity contribution in [3.05, 3.63) is 38.3 Å². The van der Waals surface area contributed by atoms with Gasteiger partial charge in [0.2, 0.25) is 5.13 Å². The molecular weight excluding hydrogens is 350 g/mol. The molecule has 0 unspecified atom stereocenters. The van der Waals surface area contributed by atoms with Crippen molar-refractivity contribution >= 4 is 56.9 Å². The van der Waals surface area contributed by atoms with Crippen LogP contribution in [0.4, 0.5) is 9.93 Å². The van der Waals surface area contributed by atoms with E-state index >= 15 is 0 Å². The van der Waals surface area contributed by atoms with Gasteiger partial charge in [0.15, 0.2) is 3.95 Å². The molecule has 2 rings (SSSR count). The Morgan fingerprint density at radius 1 is 1.58 bits per heavy atom. The summed E-state index contributed by atoms with van der Waals surface area (Å²) in [6, 6.07) is 7.05. The average Bonchev–Trinajstić information content (AvgIpc) is 2.75. The van der Waals surface area contributed by atoms with E-state index in [-0.39, 0.29) is 0 Å². The van der Waals surface area contributed by atoms with Crippen LogP contribution >= 0.6 is 39.5 Å². The van der Waals surface area contributed by atoms with Crippen molar-refractivity contribution in [2.75, 3.05) is 5.32 Å². The van der Waals surface area contributed by atoms with E-state index in [2.05, 4.69) is 42.0 Å². The van der Waals surface area contributed by atoms with Crippen molar-refractivity contribution < 1.29 is 4.79 Å². The maximum atomic E-state index is 11.5. The number of anilines is 1. The summed E-state index contributed by atoms with van der Waals surface area (Å²) in [7, 11) is 0. The zero-order valence-corrected chi connectivity index (χ0v) is 12.6. The summed E-state index contributed by atoms with van der Waals surface area (Å²) in [5, 5.41) is 13.1. The van der Waals surface area contributed by atoms with Crippen LogP contribution in [-0.2, 0) is 0 Å². The lowest BCUT2D eigenvalue weighted by atomic mass is 10.2. The molecule has 3 N–H and O–H groups in total. The molecule has 0 aliphatic heterocycles. The molecule has 6 nitrogen and oxygen atoms in total. The van der Waals surface area contributed by atoms with Gasteiger partial charge in [-0.15, -0.1) is 5.10 Å². The number of nitrogens with zero attached hydrogens (tertiary/aromatic N) is 2. The third-order valence-electron chi connectivity index (χ3n) is 1.89. The van der Waals surface area contributed by atoms with Crippen molar-refractivity contribution in [1.29, 1.82) is 0 Å². The van der Waals surface area contributed by atoms with Gasteiger partial charge in [-0.05, 0) is 29.9 Å². The van der Waals surface area contributed by atoms with Crippen LogP contribution in [0.2, 0.25) is 0 Å². The molecule has 0 radical (unpaired) electrons. The SMILES string of the molecule is O=C(N/N=C\c1cccc(Br)c1)Nc1n[nH]c(=S)s1. The van der Waals surface area contributed by atoms with Gasteiger partial charge in [0, 0.05) is 4.47 Å². The van der Waals surface area contributed by atoms with E-state index in [9.17, 15) is 4.79 Å². The molecule has 0 atom stereocenters. The van der Waals surface area contributed by atoms with Crippen LogP contribution in [0.3, 0.4) is 0 Å². The third-order valence-corrected chi connectivity index (χ3v) is 3.38. The van der Waals surface area contributed by atoms with Gasteiger partial charge < -0.3 is 0 Å². The quantitative estimate of drug-likeness (QED) is 0.448. The smallest absolute Gasteiger partial charge is 0.281 e. The Balaban J connectivity index is 1.88. The number of carbonyl (C=O) groups excluding carboxylic acids is 1. The summed E-state index contributed by atoms with van der Waals surface area (Å²) >= 11 is 9.36. The lowest BCUT2D eigenvalue weighted by Gasteiger charge is -1.99. The first-order valence-electron chi connectivity index (χ1n) is 5.04. The number of hydrogen-bond acceptors (Lipinski definition) is 5. The molecule has 19 heavy (non-hydrogen) atoms. The summed E-state index contributed by atoms with van der Waals surface area (Å²) < 4.78 is 1.44. The van der Waals surface area contributed by atoms with E-state index in [0.29, 0.717) is 9.09 Å². The van der Waals surface area contributed by atoms with Crippen LogP contribution in [0.1, 0.15) is 5.56 Å². The van der Waals surface area contributed by atoms with Crippen molar-refractivity contribution in [3.63, 3.8) is 0 Å². The first-order valence-corrected chi connectivity index (χ1v) is 7.06. The Kier molecular flexibility index (Phi) is 4.77. The topological polar surface area (TPSA) is 82.2 Å². The fourth-order valence-electron chi connectivity index (χ4n) is 1.16. The summed E-state index contributed by atoms with van der Waals surface area (Å²) in [6.45, 7) is 0. The molecule has 1 aromatic heterocycles. The van der Waals surface area contributed by atoms with E-state index in [4.69, 9.17) is 12.2 Å². The molecule has 0 bridgehead atoms. The van der Waals surface area contributed by atoms with E-state index < -0.39 is 6.03 Å². The van der Waals surface area contributed by atoms with Gasteiger partial charge >= 0.3 is 6.03 Å². The van der Waals surface area contributed by atoms with Crippen LogP contribution in [0.5, 0.6) is 0 Å². The maximum Gasteiger partial charge on any atom is 0.341 e. The molecule has 0 aliphatic carbocycles. The van der Waals surface area contributed by atoms with E-state index in [1.54, 1.807) is 0 Å². The number of nitrogens with one attached hydrogen (secondary N) is 3. The second-order valence-electron chi connectivity index (χ2n) is 3.30. The second kappa shape index (κ2) is 6.55. The minimum Gasteiger partial charge on any atom is -0.281 e.